The van der Waals surface area contributed by atoms with Crippen LogP contribution in [0.25, 0.3) is 11.0 Å². The second-order valence-corrected chi connectivity index (χ2v) is 5.18. The molecule has 110 valence electrons. The number of fused-ring (bicyclic) bond motifs is 1. The number of aryl methyl sites for hydroxylation is 1. The summed E-state index contributed by atoms with van der Waals surface area (Å²) in [5.74, 6) is -0.364. The third kappa shape index (κ3) is 2.67. The molecule has 1 amide bonds. The van der Waals surface area contributed by atoms with Gasteiger partial charge in [0.2, 0.25) is 0 Å². The number of nitrogens with zero attached hydrogens (tertiary/aromatic N) is 2. The first-order valence-corrected chi connectivity index (χ1v) is 7.01. The zero-order valence-corrected chi connectivity index (χ0v) is 11.8. The van der Waals surface area contributed by atoms with Crippen molar-refractivity contribution in [3.8, 4) is 0 Å². The molecule has 6 heteroatoms. The van der Waals surface area contributed by atoms with Crippen LogP contribution < -0.4 is 10.9 Å². The maximum Gasteiger partial charge on any atom is 0.264 e. The molecule has 6 nitrogen and oxygen atoms in total. The molecule has 2 aromatic rings. The molecule has 0 saturated carbocycles. The average molecular weight is 287 g/mol. The van der Waals surface area contributed by atoms with Crippen molar-refractivity contribution < 1.29 is 9.53 Å². The number of carbonyl (C=O) groups excluding carboxylic acids is 1. The zero-order valence-electron chi connectivity index (χ0n) is 11.8. The molecule has 1 N–H and O–H groups in total. The van der Waals surface area contributed by atoms with Crippen molar-refractivity contribution in [3.63, 3.8) is 0 Å². The lowest BCUT2D eigenvalue weighted by Gasteiger charge is -2.11. The highest BCUT2D eigenvalue weighted by molar-refractivity contribution is 5.96. The average Bonchev–Trinajstić information content (AvgIpc) is 3.02. The summed E-state index contributed by atoms with van der Waals surface area (Å²) in [4.78, 5) is 28.6. The van der Waals surface area contributed by atoms with E-state index >= 15 is 0 Å². The van der Waals surface area contributed by atoms with E-state index in [4.69, 9.17) is 4.74 Å². The van der Waals surface area contributed by atoms with Crippen LogP contribution in [0.5, 0.6) is 0 Å². The first kappa shape index (κ1) is 13.8. The maximum atomic E-state index is 12.3. The summed E-state index contributed by atoms with van der Waals surface area (Å²) in [6, 6.07) is 5.20. The second-order valence-electron chi connectivity index (χ2n) is 5.18. The first-order chi connectivity index (χ1) is 10.2. The van der Waals surface area contributed by atoms with Crippen molar-refractivity contribution in [2.75, 3.05) is 13.2 Å². The molecule has 0 aromatic carbocycles. The number of aromatic nitrogens is 2. The topological polar surface area (TPSA) is 73.2 Å². The first-order valence-electron chi connectivity index (χ1n) is 7.01. The minimum Gasteiger partial charge on any atom is -0.376 e. The van der Waals surface area contributed by atoms with E-state index in [1.54, 1.807) is 25.4 Å². The predicted molar refractivity (Wildman–Crippen MR) is 78.3 cm³/mol. The number of rotatable bonds is 3. The molecule has 3 heterocycles. The van der Waals surface area contributed by atoms with Gasteiger partial charge in [-0.05, 0) is 31.0 Å². The van der Waals surface area contributed by atoms with Gasteiger partial charge < -0.3 is 10.1 Å². The number of carbonyl (C=O) groups is 1. The molecule has 21 heavy (non-hydrogen) atoms. The van der Waals surface area contributed by atoms with Crippen LogP contribution in [0.3, 0.4) is 0 Å². The normalized spacial score (nSPS) is 18.0. The highest BCUT2D eigenvalue weighted by Gasteiger charge is 2.19. The van der Waals surface area contributed by atoms with Crippen LogP contribution in [-0.2, 0) is 11.8 Å². The predicted octanol–water partition coefficient (Wildman–Crippen LogP) is 0.842. The van der Waals surface area contributed by atoms with Gasteiger partial charge >= 0.3 is 0 Å². The monoisotopic (exact) mass is 287 g/mol. The quantitative estimate of drug-likeness (QED) is 0.908. The van der Waals surface area contributed by atoms with Crippen LogP contribution in [0.1, 0.15) is 23.2 Å². The van der Waals surface area contributed by atoms with Crippen LogP contribution in [-0.4, -0.2) is 34.7 Å². The van der Waals surface area contributed by atoms with Gasteiger partial charge in [-0.2, -0.15) is 0 Å². The van der Waals surface area contributed by atoms with Crippen molar-refractivity contribution in [2.45, 2.75) is 18.9 Å². The summed E-state index contributed by atoms with van der Waals surface area (Å²) >= 11 is 0. The molecule has 0 unspecified atom stereocenters. The van der Waals surface area contributed by atoms with Crippen LogP contribution in [0.4, 0.5) is 0 Å². The van der Waals surface area contributed by atoms with E-state index in [1.165, 1.54) is 4.57 Å². The lowest BCUT2D eigenvalue weighted by molar-refractivity contribution is 0.0856. The Hall–Kier alpha value is -2.21. The molecule has 1 atom stereocenters. The fourth-order valence-corrected chi connectivity index (χ4v) is 2.57. The van der Waals surface area contributed by atoms with Crippen molar-refractivity contribution >= 4 is 16.9 Å². The minimum atomic E-state index is -0.364. The van der Waals surface area contributed by atoms with Gasteiger partial charge in [0.25, 0.3) is 11.5 Å². The number of hydrogen-bond donors (Lipinski definition) is 1. The Morgan fingerprint density at radius 3 is 3.19 bits per heavy atom. The van der Waals surface area contributed by atoms with Crippen molar-refractivity contribution in [2.24, 2.45) is 7.05 Å². The van der Waals surface area contributed by atoms with E-state index < -0.39 is 0 Å². The van der Waals surface area contributed by atoms with E-state index in [-0.39, 0.29) is 23.1 Å². The molecule has 1 aliphatic heterocycles. The van der Waals surface area contributed by atoms with Crippen LogP contribution in [0.15, 0.2) is 29.2 Å². The Morgan fingerprint density at radius 2 is 2.43 bits per heavy atom. The number of pyridine rings is 2. The molecule has 0 bridgehead atoms. The van der Waals surface area contributed by atoms with Gasteiger partial charge in [0.15, 0.2) is 0 Å². The Labute approximate surface area is 121 Å². The SMILES string of the molecule is Cn1c(=O)c(C(=O)NC[C@@H]2CCCO2)cc2cccnc21. The Balaban J connectivity index is 1.87. The van der Waals surface area contributed by atoms with Gasteiger partial charge in [-0.3, -0.25) is 14.2 Å². The fraction of sp³-hybridized carbons (Fsp3) is 0.400. The van der Waals surface area contributed by atoms with Crippen LogP contribution >= 0.6 is 0 Å². The highest BCUT2D eigenvalue weighted by Crippen LogP contribution is 2.12. The summed E-state index contributed by atoms with van der Waals surface area (Å²) in [5.41, 5.74) is 0.361. The second kappa shape index (κ2) is 5.65. The molecule has 0 aliphatic carbocycles. The third-order valence-corrected chi connectivity index (χ3v) is 3.73. The van der Waals surface area contributed by atoms with Gasteiger partial charge in [0, 0.05) is 31.8 Å². The van der Waals surface area contributed by atoms with E-state index in [1.807, 2.05) is 6.07 Å². The Kier molecular flexibility index (Phi) is 3.70. The molecular weight excluding hydrogens is 270 g/mol. The summed E-state index contributed by atoms with van der Waals surface area (Å²) in [5, 5.41) is 3.54. The minimum absolute atomic E-state index is 0.0555. The molecule has 1 saturated heterocycles. The largest absolute Gasteiger partial charge is 0.376 e. The van der Waals surface area contributed by atoms with Gasteiger partial charge in [-0.15, -0.1) is 0 Å². The number of hydrogen-bond acceptors (Lipinski definition) is 4. The summed E-state index contributed by atoms with van der Waals surface area (Å²) in [6.45, 7) is 1.18. The molecule has 1 aliphatic rings. The Morgan fingerprint density at radius 1 is 1.57 bits per heavy atom. The van der Waals surface area contributed by atoms with Crippen molar-refractivity contribution in [1.29, 1.82) is 0 Å². The Bertz CT molecular complexity index is 733. The van der Waals surface area contributed by atoms with Crippen molar-refractivity contribution in [3.05, 3.63) is 40.3 Å². The number of nitrogens with one attached hydrogen (secondary N) is 1. The summed E-state index contributed by atoms with van der Waals surface area (Å²) < 4.78 is 6.85. The highest BCUT2D eigenvalue weighted by atomic mass is 16.5. The molecular formula is C15H17N3O3. The van der Waals surface area contributed by atoms with Gasteiger partial charge in [0.1, 0.15) is 11.2 Å². The maximum absolute atomic E-state index is 12.3. The van der Waals surface area contributed by atoms with E-state index in [9.17, 15) is 9.59 Å². The third-order valence-electron chi connectivity index (χ3n) is 3.73. The van der Waals surface area contributed by atoms with E-state index in [2.05, 4.69) is 10.3 Å². The molecule has 2 aromatic heterocycles. The lowest BCUT2D eigenvalue weighted by atomic mass is 10.2. The van der Waals surface area contributed by atoms with E-state index in [0.717, 1.165) is 24.8 Å². The molecule has 0 spiro atoms. The molecule has 1 fully saturated rings. The van der Waals surface area contributed by atoms with Gasteiger partial charge in [0.05, 0.1) is 6.10 Å². The summed E-state index contributed by atoms with van der Waals surface area (Å²) in [6.07, 6.45) is 3.64. The summed E-state index contributed by atoms with van der Waals surface area (Å²) in [7, 11) is 1.62. The van der Waals surface area contributed by atoms with E-state index in [0.29, 0.717) is 12.2 Å². The standard InChI is InChI=1S/C15H17N3O3/c1-18-13-10(4-2-6-16-13)8-12(15(18)20)14(19)17-9-11-5-3-7-21-11/h2,4,6,8,11H,3,5,7,9H2,1H3,(H,17,19)/t11-/m0/s1. The van der Waals surface area contributed by atoms with Gasteiger partial charge in [-0.1, -0.05) is 0 Å². The molecule has 0 radical (unpaired) electrons. The van der Waals surface area contributed by atoms with Crippen LogP contribution in [0.2, 0.25) is 0 Å². The van der Waals surface area contributed by atoms with Crippen molar-refractivity contribution in [1.82, 2.24) is 14.9 Å². The molecule has 3 rings (SSSR count). The smallest absolute Gasteiger partial charge is 0.264 e. The van der Waals surface area contributed by atoms with Gasteiger partial charge in [-0.25, -0.2) is 4.98 Å². The lowest BCUT2D eigenvalue weighted by Crippen LogP contribution is -2.36. The number of ether oxygens (including phenoxy) is 1. The fourth-order valence-electron chi connectivity index (χ4n) is 2.57. The van der Waals surface area contributed by atoms with Crippen LogP contribution in [0, 0.1) is 0 Å². The zero-order chi connectivity index (χ0) is 14.8. The number of amides is 1.